The fourth-order valence-electron chi connectivity index (χ4n) is 1.74. The molecule has 1 aromatic rings. The summed E-state index contributed by atoms with van der Waals surface area (Å²) in [7, 11) is 1.50. The van der Waals surface area contributed by atoms with Gasteiger partial charge in [-0.25, -0.2) is 0 Å². The summed E-state index contributed by atoms with van der Waals surface area (Å²) in [6, 6.07) is 6.75. The fourth-order valence-corrected chi connectivity index (χ4v) is 1.74. The number of methoxy groups -OCH3 is 1. The number of hydrogen-bond acceptors (Lipinski definition) is 4. The Hall–Kier alpha value is -2.08. The average Bonchev–Trinajstić information content (AvgIpc) is 2.48. The number of amides is 1. The molecule has 0 radical (unpaired) electrons. The van der Waals surface area contributed by atoms with Crippen LogP contribution < -0.4 is 4.74 Å². The summed E-state index contributed by atoms with van der Waals surface area (Å²) in [6.07, 6.45) is 0.872. The van der Waals surface area contributed by atoms with Crippen LogP contribution in [0, 0.1) is 0 Å². The number of carboxylic acids is 1. The van der Waals surface area contributed by atoms with Gasteiger partial charge < -0.3 is 19.5 Å². The normalized spacial score (nSPS) is 10.2. The van der Waals surface area contributed by atoms with Gasteiger partial charge in [0.25, 0.3) is 5.91 Å². The van der Waals surface area contributed by atoms with Gasteiger partial charge in [0.15, 0.2) is 0 Å². The van der Waals surface area contributed by atoms with E-state index in [0.29, 0.717) is 17.9 Å². The third-order valence-corrected chi connectivity index (χ3v) is 2.73. The highest BCUT2D eigenvalue weighted by atomic mass is 16.5. The topological polar surface area (TPSA) is 76.1 Å². The monoisotopic (exact) mass is 295 g/mol. The number of carbonyl (C=O) groups excluding carboxylic acids is 1. The Labute approximate surface area is 124 Å². The van der Waals surface area contributed by atoms with Crippen LogP contribution in [0.3, 0.4) is 0 Å². The smallest absolute Gasteiger partial charge is 0.323 e. The van der Waals surface area contributed by atoms with Crippen LogP contribution in [0.15, 0.2) is 24.3 Å². The van der Waals surface area contributed by atoms with E-state index in [1.54, 1.807) is 24.3 Å². The molecule has 1 amide bonds. The highest BCUT2D eigenvalue weighted by Gasteiger charge is 2.18. The first-order valence-electron chi connectivity index (χ1n) is 6.81. The van der Waals surface area contributed by atoms with Crippen molar-refractivity contribution in [1.29, 1.82) is 0 Å². The third kappa shape index (κ3) is 5.83. The number of carboxylic acid groups (broad SMARTS) is 1. The van der Waals surface area contributed by atoms with E-state index in [2.05, 4.69) is 0 Å². The third-order valence-electron chi connectivity index (χ3n) is 2.73. The summed E-state index contributed by atoms with van der Waals surface area (Å²) < 4.78 is 10.4. The van der Waals surface area contributed by atoms with Gasteiger partial charge in [0.2, 0.25) is 0 Å². The summed E-state index contributed by atoms with van der Waals surface area (Å²) >= 11 is 0. The van der Waals surface area contributed by atoms with Crippen LogP contribution in [0.2, 0.25) is 0 Å². The lowest BCUT2D eigenvalue weighted by molar-refractivity contribution is -0.137. The second kappa shape index (κ2) is 8.97. The molecule has 0 aliphatic heterocycles. The number of carbonyl (C=O) groups is 2. The van der Waals surface area contributed by atoms with Crippen LogP contribution in [-0.2, 0) is 9.53 Å². The van der Waals surface area contributed by atoms with Gasteiger partial charge in [-0.3, -0.25) is 9.59 Å². The molecule has 0 atom stereocenters. The van der Waals surface area contributed by atoms with E-state index in [1.807, 2.05) is 6.92 Å². The van der Waals surface area contributed by atoms with Crippen molar-refractivity contribution in [2.45, 2.75) is 13.3 Å². The predicted molar refractivity (Wildman–Crippen MR) is 77.6 cm³/mol. The highest BCUT2D eigenvalue weighted by Crippen LogP contribution is 2.15. The SMILES string of the molecule is CCCOc1cccc(C(=O)N(CCOC)CC(=O)O)c1. The number of nitrogens with zero attached hydrogens (tertiary/aromatic N) is 1. The van der Waals surface area contributed by atoms with Crippen molar-refractivity contribution >= 4 is 11.9 Å². The number of ether oxygens (including phenoxy) is 2. The van der Waals surface area contributed by atoms with E-state index < -0.39 is 5.97 Å². The quantitative estimate of drug-likeness (QED) is 0.749. The van der Waals surface area contributed by atoms with E-state index in [9.17, 15) is 9.59 Å². The molecule has 0 unspecified atom stereocenters. The Balaban J connectivity index is 2.83. The Kier molecular flexibility index (Phi) is 7.25. The van der Waals surface area contributed by atoms with Gasteiger partial charge >= 0.3 is 5.97 Å². The Morgan fingerprint density at radius 1 is 1.29 bits per heavy atom. The van der Waals surface area contributed by atoms with Crippen molar-refractivity contribution in [3.8, 4) is 5.75 Å². The molecular formula is C15H21NO5. The Bertz CT molecular complexity index is 475. The molecule has 116 valence electrons. The molecule has 0 aliphatic carbocycles. The van der Waals surface area contributed by atoms with Gasteiger partial charge in [-0.1, -0.05) is 13.0 Å². The molecule has 21 heavy (non-hydrogen) atoms. The summed E-state index contributed by atoms with van der Waals surface area (Å²) in [5, 5.41) is 8.89. The minimum Gasteiger partial charge on any atom is -0.494 e. The summed E-state index contributed by atoms with van der Waals surface area (Å²) in [6.45, 7) is 2.71. The van der Waals surface area contributed by atoms with Gasteiger partial charge in [-0.2, -0.15) is 0 Å². The van der Waals surface area contributed by atoms with Crippen LogP contribution in [0.5, 0.6) is 5.75 Å². The Morgan fingerprint density at radius 3 is 2.67 bits per heavy atom. The fraction of sp³-hybridized carbons (Fsp3) is 0.467. The lowest BCUT2D eigenvalue weighted by atomic mass is 10.2. The molecule has 0 fully saturated rings. The second-order valence-electron chi connectivity index (χ2n) is 4.49. The number of hydrogen-bond donors (Lipinski definition) is 1. The summed E-state index contributed by atoms with van der Waals surface area (Å²) in [5.74, 6) is -0.807. The van der Waals surface area contributed by atoms with Crippen LogP contribution in [-0.4, -0.2) is 55.3 Å². The van der Waals surface area contributed by atoms with Crippen LogP contribution in [0.4, 0.5) is 0 Å². The zero-order chi connectivity index (χ0) is 15.7. The number of benzene rings is 1. The van der Waals surface area contributed by atoms with Gasteiger partial charge in [0.1, 0.15) is 12.3 Å². The molecular weight excluding hydrogens is 274 g/mol. The van der Waals surface area contributed by atoms with Gasteiger partial charge in [0.05, 0.1) is 13.2 Å². The standard InChI is InChI=1S/C15H21NO5/c1-3-8-21-13-6-4-5-12(10-13)15(19)16(7-9-20-2)11-14(17)18/h4-6,10H,3,7-9,11H2,1-2H3,(H,17,18). The van der Waals surface area contributed by atoms with Crippen LogP contribution in [0.1, 0.15) is 23.7 Å². The van der Waals surface area contributed by atoms with Crippen LogP contribution >= 0.6 is 0 Å². The number of rotatable bonds is 9. The first-order chi connectivity index (χ1) is 10.1. The second-order valence-corrected chi connectivity index (χ2v) is 4.49. The van der Waals surface area contributed by atoms with Gasteiger partial charge in [-0.15, -0.1) is 0 Å². The van der Waals surface area contributed by atoms with E-state index in [4.69, 9.17) is 14.6 Å². The molecule has 0 saturated carbocycles. The molecule has 0 heterocycles. The molecule has 0 spiro atoms. The van der Waals surface area contributed by atoms with Crippen LogP contribution in [0.25, 0.3) is 0 Å². The first-order valence-corrected chi connectivity index (χ1v) is 6.81. The van der Waals surface area contributed by atoms with Crippen molar-refractivity contribution in [1.82, 2.24) is 4.90 Å². The minimum atomic E-state index is -1.06. The zero-order valence-corrected chi connectivity index (χ0v) is 12.4. The minimum absolute atomic E-state index is 0.224. The molecule has 0 aliphatic rings. The van der Waals surface area contributed by atoms with Crippen molar-refractivity contribution in [3.63, 3.8) is 0 Å². The van der Waals surface area contributed by atoms with Gasteiger partial charge in [0, 0.05) is 19.2 Å². The molecule has 0 saturated heterocycles. The van der Waals surface area contributed by atoms with E-state index in [1.165, 1.54) is 12.0 Å². The van der Waals surface area contributed by atoms with Crippen molar-refractivity contribution in [2.75, 3.05) is 33.4 Å². The molecule has 6 heteroatoms. The molecule has 0 aromatic heterocycles. The van der Waals surface area contributed by atoms with Gasteiger partial charge in [-0.05, 0) is 24.6 Å². The lowest BCUT2D eigenvalue weighted by Crippen LogP contribution is -2.38. The maximum Gasteiger partial charge on any atom is 0.323 e. The Morgan fingerprint density at radius 2 is 2.05 bits per heavy atom. The maximum atomic E-state index is 12.4. The van der Waals surface area contributed by atoms with Crippen molar-refractivity contribution in [3.05, 3.63) is 29.8 Å². The maximum absolute atomic E-state index is 12.4. The zero-order valence-electron chi connectivity index (χ0n) is 12.4. The van der Waals surface area contributed by atoms with E-state index in [0.717, 1.165) is 6.42 Å². The molecule has 1 N–H and O–H groups in total. The highest BCUT2D eigenvalue weighted by molar-refractivity contribution is 5.96. The van der Waals surface area contributed by atoms with E-state index in [-0.39, 0.29) is 25.6 Å². The first kappa shape index (κ1) is 17.0. The van der Waals surface area contributed by atoms with Crippen molar-refractivity contribution in [2.24, 2.45) is 0 Å². The number of aliphatic carboxylic acids is 1. The van der Waals surface area contributed by atoms with E-state index >= 15 is 0 Å². The predicted octanol–water partition coefficient (Wildman–Crippen LogP) is 1.65. The average molecular weight is 295 g/mol. The molecule has 0 bridgehead atoms. The summed E-state index contributed by atoms with van der Waals surface area (Å²) in [4.78, 5) is 24.5. The van der Waals surface area contributed by atoms with Crippen molar-refractivity contribution < 1.29 is 24.2 Å². The molecule has 6 nitrogen and oxygen atoms in total. The molecule has 1 rings (SSSR count). The lowest BCUT2D eigenvalue weighted by Gasteiger charge is -2.20. The summed E-state index contributed by atoms with van der Waals surface area (Å²) in [5.41, 5.74) is 0.404. The largest absolute Gasteiger partial charge is 0.494 e. The molecule has 1 aromatic carbocycles.